The molecule has 2 aromatic carbocycles. The number of rotatable bonds is 7. The number of carbonyl (C=O) groups excluding carboxylic acids is 1. The van der Waals surface area contributed by atoms with Crippen LogP contribution in [0.25, 0.3) is 0 Å². The van der Waals surface area contributed by atoms with Crippen LogP contribution in [0.2, 0.25) is 0 Å². The fourth-order valence-electron chi connectivity index (χ4n) is 2.28. The normalized spacial score (nSPS) is 14.0. The van der Waals surface area contributed by atoms with Gasteiger partial charge in [0.25, 0.3) is 0 Å². The minimum atomic E-state index is 0.116. The Morgan fingerprint density at radius 1 is 1.13 bits per heavy atom. The summed E-state index contributed by atoms with van der Waals surface area (Å²) in [4.78, 5) is 11.4. The van der Waals surface area contributed by atoms with Crippen molar-refractivity contribution in [2.24, 2.45) is 0 Å². The van der Waals surface area contributed by atoms with E-state index in [9.17, 15) is 4.79 Å². The molecule has 0 bridgehead atoms. The minimum absolute atomic E-state index is 0.116. The lowest BCUT2D eigenvalue weighted by Gasteiger charge is -2.28. The second kappa shape index (κ2) is 7.15. The van der Waals surface area contributed by atoms with Crippen LogP contribution in [-0.4, -0.2) is 32.6 Å². The van der Waals surface area contributed by atoms with Gasteiger partial charge in [0.05, 0.1) is 12.7 Å². The van der Waals surface area contributed by atoms with Gasteiger partial charge in [-0.3, -0.25) is 4.79 Å². The van der Waals surface area contributed by atoms with Gasteiger partial charge in [-0.2, -0.15) is 0 Å². The molecule has 1 fully saturated rings. The molecule has 1 heterocycles. The molecule has 0 aliphatic carbocycles. The van der Waals surface area contributed by atoms with E-state index in [2.05, 4.69) is 5.32 Å². The molecule has 5 heteroatoms. The highest BCUT2D eigenvalue weighted by Crippen LogP contribution is 2.28. The summed E-state index contributed by atoms with van der Waals surface area (Å²) >= 11 is 0. The molecule has 5 nitrogen and oxygen atoms in total. The SMILES string of the molecule is COc1ccc(COc2cccc(OC3CNC3)c2C=O)cc1. The summed E-state index contributed by atoms with van der Waals surface area (Å²) in [5, 5.41) is 3.13. The van der Waals surface area contributed by atoms with Gasteiger partial charge >= 0.3 is 0 Å². The molecule has 0 radical (unpaired) electrons. The van der Waals surface area contributed by atoms with E-state index in [1.165, 1.54) is 0 Å². The fraction of sp³-hybridized carbons (Fsp3) is 0.278. The zero-order valence-electron chi connectivity index (χ0n) is 13.0. The van der Waals surface area contributed by atoms with Gasteiger partial charge < -0.3 is 19.5 Å². The number of methoxy groups -OCH3 is 1. The lowest BCUT2D eigenvalue weighted by Crippen LogP contribution is -2.50. The highest BCUT2D eigenvalue weighted by Gasteiger charge is 2.20. The van der Waals surface area contributed by atoms with Crippen LogP contribution in [0.15, 0.2) is 42.5 Å². The molecule has 1 N–H and O–H groups in total. The molecule has 1 aliphatic heterocycles. The summed E-state index contributed by atoms with van der Waals surface area (Å²) in [7, 11) is 1.63. The first-order chi connectivity index (χ1) is 11.3. The van der Waals surface area contributed by atoms with Crippen molar-refractivity contribution in [3.8, 4) is 17.2 Å². The van der Waals surface area contributed by atoms with Gasteiger partial charge in [-0.05, 0) is 29.8 Å². The second-order valence-electron chi connectivity index (χ2n) is 5.32. The Labute approximate surface area is 135 Å². The van der Waals surface area contributed by atoms with Gasteiger partial charge in [-0.1, -0.05) is 18.2 Å². The fourth-order valence-corrected chi connectivity index (χ4v) is 2.28. The first kappa shape index (κ1) is 15.4. The third kappa shape index (κ3) is 3.63. The van der Waals surface area contributed by atoms with Gasteiger partial charge in [0.1, 0.15) is 30.0 Å². The van der Waals surface area contributed by atoms with Crippen molar-refractivity contribution in [1.82, 2.24) is 5.32 Å². The smallest absolute Gasteiger partial charge is 0.157 e. The summed E-state index contributed by atoms with van der Waals surface area (Å²) in [5.41, 5.74) is 1.45. The number of benzene rings is 2. The average Bonchev–Trinajstić information content (AvgIpc) is 2.56. The van der Waals surface area contributed by atoms with Crippen molar-refractivity contribution in [2.75, 3.05) is 20.2 Å². The van der Waals surface area contributed by atoms with Gasteiger partial charge in [-0.15, -0.1) is 0 Å². The van der Waals surface area contributed by atoms with Crippen LogP contribution in [0.3, 0.4) is 0 Å². The zero-order chi connectivity index (χ0) is 16.1. The monoisotopic (exact) mass is 313 g/mol. The van der Waals surface area contributed by atoms with E-state index < -0.39 is 0 Å². The average molecular weight is 313 g/mol. The Morgan fingerprint density at radius 3 is 2.48 bits per heavy atom. The molecule has 0 spiro atoms. The van der Waals surface area contributed by atoms with Crippen LogP contribution in [0, 0.1) is 0 Å². The summed E-state index contributed by atoms with van der Waals surface area (Å²) in [6.45, 7) is 1.98. The topological polar surface area (TPSA) is 56.8 Å². The van der Waals surface area contributed by atoms with E-state index >= 15 is 0 Å². The van der Waals surface area contributed by atoms with E-state index in [1.54, 1.807) is 19.2 Å². The van der Waals surface area contributed by atoms with Crippen molar-refractivity contribution in [2.45, 2.75) is 12.7 Å². The van der Waals surface area contributed by atoms with Crippen LogP contribution < -0.4 is 19.5 Å². The standard InChI is InChI=1S/C18H19NO4/c1-21-14-7-5-13(6-8-14)12-22-17-3-2-4-18(16(17)11-20)23-15-9-19-10-15/h2-8,11,15,19H,9-10,12H2,1H3. The predicted octanol–water partition coefficient (Wildman–Crippen LogP) is 2.44. The van der Waals surface area contributed by atoms with E-state index in [0.29, 0.717) is 23.7 Å². The zero-order valence-corrected chi connectivity index (χ0v) is 13.0. The number of hydrogen-bond donors (Lipinski definition) is 1. The van der Waals surface area contributed by atoms with Gasteiger partial charge in [0.15, 0.2) is 6.29 Å². The highest BCUT2D eigenvalue weighted by molar-refractivity contribution is 5.83. The minimum Gasteiger partial charge on any atom is -0.497 e. The van der Waals surface area contributed by atoms with E-state index in [-0.39, 0.29) is 6.10 Å². The maximum atomic E-state index is 11.4. The van der Waals surface area contributed by atoms with Crippen molar-refractivity contribution in [3.05, 3.63) is 53.6 Å². The molecule has 2 aromatic rings. The lowest BCUT2D eigenvalue weighted by atomic mass is 10.1. The summed E-state index contributed by atoms with van der Waals surface area (Å²) in [6, 6.07) is 13.0. The molecule has 0 saturated carbocycles. The lowest BCUT2D eigenvalue weighted by molar-refractivity contribution is 0.109. The first-order valence-corrected chi connectivity index (χ1v) is 7.51. The number of hydrogen-bond acceptors (Lipinski definition) is 5. The Balaban J connectivity index is 1.70. The molecule has 120 valence electrons. The van der Waals surface area contributed by atoms with Crippen molar-refractivity contribution in [1.29, 1.82) is 0 Å². The Morgan fingerprint density at radius 2 is 1.87 bits per heavy atom. The number of aldehydes is 1. The van der Waals surface area contributed by atoms with E-state index in [1.807, 2.05) is 30.3 Å². The number of ether oxygens (including phenoxy) is 3. The van der Waals surface area contributed by atoms with Crippen molar-refractivity contribution in [3.63, 3.8) is 0 Å². The van der Waals surface area contributed by atoms with Crippen LogP contribution in [0.1, 0.15) is 15.9 Å². The third-order valence-corrected chi connectivity index (χ3v) is 3.74. The second-order valence-corrected chi connectivity index (χ2v) is 5.32. The summed E-state index contributed by atoms with van der Waals surface area (Å²) in [6.07, 6.45) is 0.899. The quantitative estimate of drug-likeness (QED) is 0.796. The van der Waals surface area contributed by atoms with Gasteiger partial charge in [-0.25, -0.2) is 0 Å². The summed E-state index contributed by atoms with van der Waals surface area (Å²) in [5.74, 6) is 1.89. The molecule has 1 saturated heterocycles. The van der Waals surface area contributed by atoms with Gasteiger partial charge in [0.2, 0.25) is 0 Å². The number of nitrogens with one attached hydrogen (secondary N) is 1. The van der Waals surface area contributed by atoms with E-state index in [4.69, 9.17) is 14.2 Å². The molecular weight excluding hydrogens is 294 g/mol. The Kier molecular flexibility index (Phi) is 4.78. The predicted molar refractivity (Wildman–Crippen MR) is 86.4 cm³/mol. The maximum Gasteiger partial charge on any atom is 0.157 e. The molecule has 0 amide bonds. The largest absolute Gasteiger partial charge is 0.497 e. The number of carbonyl (C=O) groups is 1. The molecule has 0 unspecified atom stereocenters. The Hall–Kier alpha value is -2.53. The molecule has 23 heavy (non-hydrogen) atoms. The van der Waals surface area contributed by atoms with Crippen LogP contribution in [0.5, 0.6) is 17.2 Å². The first-order valence-electron chi connectivity index (χ1n) is 7.51. The molecule has 0 aromatic heterocycles. The summed E-state index contributed by atoms with van der Waals surface area (Å²) < 4.78 is 16.7. The van der Waals surface area contributed by atoms with Crippen molar-refractivity contribution < 1.29 is 19.0 Å². The molecule has 0 atom stereocenters. The molecule has 1 aliphatic rings. The van der Waals surface area contributed by atoms with Crippen LogP contribution in [0.4, 0.5) is 0 Å². The van der Waals surface area contributed by atoms with Gasteiger partial charge in [0, 0.05) is 13.1 Å². The highest BCUT2D eigenvalue weighted by atomic mass is 16.5. The molecule has 3 rings (SSSR count). The van der Waals surface area contributed by atoms with Crippen LogP contribution in [-0.2, 0) is 6.61 Å². The van der Waals surface area contributed by atoms with E-state index in [0.717, 1.165) is 30.7 Å². The maximum absolute atomic E-state index is 11.4. The third-order valence-electron chi connectivity index (χ3n) is 3.74. The molecular formula is C18H19NO4. The van der Waals surface area contributed by atoms with Crippen molar-refractivity contribution >= 4 is 6.29 Å². The van der Waals surface area contributed by atoms with Crippen LogP contribution >= 0.6 is 0 Å². The Bertz CT molecular complexity index is 665.